The summed E-state index contributed by atoms with van der Waals surface area (Å²) in [5.41, 5.74) is 3.59. The first-order chi connectivity index (χ1) is 8.87. The van der Waals surface area contributed by atoms with Crippen LogP contribution in [-0.2, 0) is 0 Å². The zero-order valence-corrected chi connectivity index (χ0v) is 11.4. The number of hydrogen-bond donors (Lipinski definition) is 0. The highest BCUT2D eigenvalue weighted by Crippen LogP contribution is 2.24. The summed E-state index contributed by atoms with van der Waals surface area (Å²) in [5, 5.41) is 0. The summed E-state index contributed by atoms with van der Waals surface area (Å²) >= 11 is 0. The van der Waals surface area contributed by atoms with E-state index in [2.05, 4.69) is 24.8 Å². The van der Waals surface area contributed by atoms with Crippen molar-refractivity contribution in [3.8, 4) is 0 Å². The lowest BCUT2D eigenvalue weighted by molar-refractivity contribution is 0.263. The summed E-state index contributed by atoms with van der Waals surface area (Å²) in [7, 11) is 0. The molecule has 0 aromatic heterocycles. The molecule has 0 amide bonds. The Morgan fingerprint density at radius 1 is 1.05 bits per heavy atom. The zero-order valence-electron chi connectivity index (χ0n) is 11.4. The fourth-order valence-electron chi connectivity index (χ4n) is 2.54. The largest absolute Gasteiger partial charge is 0.492 e. The van der Waals surface area contributed by atoms with Crippen molar-refractivity contribution in [2.24, 2.45) is 0 Å². The maximum Gasteiger partial charge on any atom is 0.492 e. The topological polar surface area (TPSA) is 6.48 Å². The second kappa shape index (κ2) is 5.45. The van der Waals surface area contributed by atoms with Crippen molar-refractivity contribution < 1.29 is 12.9 Å². The lowest BCUT2D eigenvalue weighted by Gasteiger charge is -2.39. The third kappa shape index (κ3) is 3.66. The smallest absolute Gasteiger partial charge is 0.448 e. The van der Waals surface area contributed by atoms with Crippen LogP contribution < -0.4 is 4.90 Å². The van der Waals surface area contributed by atoms with E-state index in [1.807, 2.05) is 12.1 Å². The minimum absolute atomic E-state index is 0.481. The Morgan fingerprint density at radius 2 is 1.68 bits per heavy atom. The molecule has 0 N–H and O–H groups in total. The number of piperazine rings is 1. The van der Waals surface area contributed by atoms with Gasteiger partial charge in [0.25, 0.3) is 0 Å². The minimum atomic E-state index is -4.71. The van der Waals surface area contributed by atoms with E-state index in [0.29, 0.717) is 26.2 Å². The van der Waals surface area contributed by atoms with Crippen LogP contribution in [0.5, 0.6) is 0 Å². The number of halogens is 3. The molecule has 106 valence electrons. The zero-order chi connectivity index (χ0) is 14.0. The van der Waals surface area contributed by atoms with Crippen LogP contribution in [0.1, 0.15) is 11.1 Å². The van der Waals surface area contributed by atoms with Crippen molar-refractivity contribution in [3.05, 3.63) is 29.3 Å². The maximum absolute atomic E-state index is 12.4. The molecule has 1 aromatic carbocycles. The van der Waals surface area contributed by atoms with Crippen LogP contribution in [0.3, 0.4) is 0 Å². The van der Waals surface area contributed by atoms with E-state index >= 15 is 0 Å². The predicted octanol–water partition coefficient (Wildman–Crippen LogP) is 2.81. The monoisotopic (exact) mass is 271 g/mol. The molecule has 0 unspecified atom stereocenters. The van der Waals surface area contributed by atoms with Gasteiger partial charge in [0.2, 0.25) is 0 Å². The first-order valence-electron chi connectivity index (χ1n) is 6.61. The lowest BCUT2D eigenvalue weighted by atomic mass is 9.91. The average Bonchev–Trinajstić information content (AvgIpc) is 2.32. The van der Waals surface area contributed by atoms with Gasteiger partial charge in [0, 0.05) is 31.9 Å². The van der Waals surface area contributed by atoms with E-state index in [0.717, 1.165) is 5.69 Å². The molecule has 0 aliphatic carbocycles. The van der Waals surface area contributed by atoms with Crippen molar-refractivity contribution in [2.45, 2.75) is 13.8 Å². The number of hydrogen-bond acceptors (Lipinski definition) is 2. The quantitative estimate of drug-likeness (QED) is 0.780. The highest BCUT2D eigenvalue weighted by Gasteiger charge is 2.28. The Hall–Kier alpha value is -1.17. The van der Waals surface area contributed by atoms with Crippen LogP contribution in [0.15, 0.2) is 18.2 Å². The number of aryl methyl sites for hydroxylation is 1. The van der Waals surface area contributed by atoms with E-state index < -0.39 is 13.4 Å². The lowest BCUT2D eigenvalue weighted by Crippen LogP contribution is -2.50. The van der Waals surface area contributed by atoms with Crippen LogP contribution in [0.2, 0.25) is 0 Å². The first-order valence-corrected chi connectivity index (χ1v) is 6.61. The SMILES string of the molecule is Cc1cccc(N2CCN(C[B-](F)(F)F)CC2)c1C. The Labute approximate surface area is 112 Å². The van der Waals surface area contributed by atoms with Gasteiger partial charge in [-0.25, -0.2) is 0 Å². The molecular weight excluding hydrogens is 252 g/mol. The van der Waals surface area contributed by atoms with Crippen molar-refractivity contribution in [1.82, 2.24) is 4.90 Å². The van der Waals surface area contributed by atoms with Crippen LogP contribution in [0.4, 0.5) is 18.6 Å². The Bertz CT molecular complexity index is 440. The van der Waals surface area contributed by atoms with Gasteiger partial charge < -0.3 is 22.7 Å². The van der Waals surface area contributed by atoms with Gasteiger partial charge in [-0.05, 0) is 37.5 Å². The molecule has 1 aliphatic heterocycles. The van der Waals surface area contributed by atoms with Gasteiger partial charge in [-0.15, -0.1) is 0 Å². The van der Waals surface area contributed by atoms with Gasteiger partial charge in [-0.2, -0.15) is 0 Å². The van der Waals surface area contributed by atoms with Crippen molar-refractivity contribution in [1.29, 1.82) is 0 Å². The molecule has 1 aromatic rings. The standard InChI is InChI=1S/C13H19BF3N2/c1-11-4-3-5-13(12(11)2)19-8-6-18(7-9-19)10-14(15,16)17/h3-5H,6-10H2,1-2H3/q-1. The van der Waals surface area contributed by atoms with Crippen LogP contribution in [-0.4, -0.2) is 44.5 Å². The molecule has 1 fully saturated rings. The summed E-state index contributed by atoms with van der Waals surface area (Å²) in [5.74, 6) is 0. The molecular formula is C13H19BF3N2-. The molecule has 0 spiro atoms. The Morgan fingerprint density at radius 3 is 2.26 bits per heavy atom. The molecule has 6 heteroatoms. The second-order valence-electron chi connectivity index (χ2n) is 5.22. The normalized spacial score (nSPS) is 17.8. The summed E-state index contributed by atoms with van der Waals surface area (Å²) in [6.07, 6.45) is -0.735. The van der Waals surface area contributed by atoms with E-state index in [1.54, 1.807) is 0 Å². The summed E-state index contributed by atoms with van der Waals surface area (Å²) < 4.78 is 37.2. The van der Waals surface area contributed by atoms with Crippen molar-refractivity contribution >= 4 is 12.7 Å². The molecule has 1 heterocycles. The predicted molar refractivity (Wildman–Crippen MR) is 73.6 cm³/mol. The Kier molecular flexibility index (Phi) is 4.09. The second-order valence-corrected chi connectivity index (χ2v) is 5.22. The molecule has 0 saturated carbocycles. The van der Waals surface area contributed by atoms with Crippen molar-refractivity contribution in [2.75, 3.05) is 37.5 Å². The molecule has 0 radical (unpaired) electrons. The summed E-state index contributed by atoms with van der Waals surface area (Å²) in [6.45, 7) is 1.70. The van der Waals surface area contributed by atoms with Gasteiger partial charge >= 0.3 is 6.98 Å². The third-order valence-corrected chi connectivity index (χ3v) is 3.75. The minimum Gasteiger partial charge on any atom is -0.448 e. The fraction of sp³-hybridized carbons (Fsp3) is 0.538. The number of rotatable bonds is 3. The molecule has 2 rings (SSSR count). The van der Waals surface area contributed by atoms with Gasteiger partial charge in [0.05, 0.1) is 0 Å². The molecule has 1 saturated heterocycles. The van der Waals surface area contributed by atoms with Crippen LogP contribution in [0, 0.1) is 13.8 Å². The summed E-state index contributed by atoms with van der Waals surface area (Å²) in [4.78, 5) is 3.68. The molecule has 1 aliphatic rings. The first kappa shape index (κ1) is 14.2. The van der Waals surface area contributed by atoms with Crippen LogP contribution >= 0.6 is 0 Å². The maximum atomic E-state index is 12.4. The number of anilines is 1. The van der Waals surface area contributed by atoms with Gasteiger partial charge in [-0.3, -0.25) is 0 Å². The average molecular weight is 271 g/mol. The van der Waals surface area contributed by atoms with E-state index in [4.69, 9.17) is 0 Å². The van der Waals surface area contributed by atoms with Gasteiger partial charge in [0.1, 0.15) is 0 Å². The van der Waals surface area contributed by atoms with Gasteiger partial charge in [0.15, 0.2) is 0 Å². The number of nitrogens with zero attached hydrogens (tertiary/aromatic N) is 2. The fourth-order valence-corrected chi connectivity index (χ4v) is 2.54. The highest BCUT2D eigenvalue weighted by atomic mass is 19.4. The molecule has 2 nitrogen and oxygen atoms in total. The van der Waals surface area contributed by atoms with E-state index in [-0.39, 0.29) is 0 Å². The number of benzene rings is 1. The Balaban J connectivity index is 1.98. The summed E-state index contributed by atoms with van der Waals surface area (Å²) in [6, 6.07) is 6.11. The van der Waals surface area contributed by atoms with E-state index in [1.165, 1.54) is 16.0 Å². The van der Waals surface area contributed by atoms with E-state index in [9.17, 15) is 12.9 Å². The van der Waals surface area contributed by atoms with Crippen LogP contribution in [0.25, 0.3) is 0 Å². The molecule has 0 bridgehead atoms. The van der Waals surface area contributed by atoms with Gasteiger partial charge in [-0.1, -0.05) is 12.1 Å². The third-order valence-electron chi connectivity index (χ3n) is 3.75. The molecule has 0 atom stereocenters. The molecule has 19 heavy (non-hydrogen) atoms. The van der Waals surface area contributed by atoms with Crippen molar-refractivity contribution in [3.63, 3.8) is 0 Å². The highest BCUT2D eigenvalue weighted by molar-refractivity contribution is 6.58.